The highest BCUT2D eigenvalue weighted by atomic mass is 32.1. The SMILES string of the molecule is CCCCC(CC)CNC(=O)c1cc(-c2csc(C(=O)O)n2)n(CC2CCCO2)c1C. The number of aromatic carboxylic acids is 1. The number of rotatable bonds is 11. The summed E-state index contributed by atoms with van der Waals surface area (Å²) in [5, 5.41) is 14.2. The zero-order valence-electron chi connectivity index (χ0n) is 18.6. The number of carboxylic acids is 1. The monoisotopic (exact) mass is 447 g/mol. The fraction of sp³-hybridized carbons (Fsp3) is 0.609. The second kappa shape index (κ2) is 10.9. The van der Waals surface area contributed by atoms with Crippen LogP contribution < -0.4 is 5.32 Å². The van der Waals surface area contributed by atoms with E-state index in [-0.39, 0.29) is 17.0 Å². The molecule has 1 aliphatic heterocycles. The quantitative estimate of drug-likeness (QED) is 0.519. The van der Waals surface area contributed by atoms with Gasteiger partial charge in [-0.1, -0.05) is 33.1 Å². The van der Waals surface area contributed by atoms with E-state index in [9.17, 15) is 14.7 Å². The Balaban J connectivity index is 1.85. The van der Waals surface area contributed by atoms with E-state index in [1.54, 1.807) is 5.38 Å². The molecule has 1 aliphatic rings. The molecule has 0 radical (unpaired) electrons. The molecule has 170 valence electrons. The number of thiazole rings is 1. The van der Waals surface area contributed by atoms with Crippen molar-refractivity contribution in [3.63, 3.8) is 0 Å². The molecule has 2 atom stereocenters. The number of nitrogens with one attached hydrogen (secondary N) is 1. The molecular formula is C23H33N3O4S. The molecular weight excluding hydrogens is 414 g/mol. The third-order valence-electron chi connectivity index (χ3n) is 6.07. The zero-order valence-corrected chi connectivity index (χ0v) is 19.5. The highest BCUT2D eigenvalue weighted by Crippen LogP contribution is 2.29. The molecule has 7 nitrogen and oxygen atoms in total. The predicted octanol–water partition coefficient (Wildman–Crippen LogP) is 4.74. The molecule has 0 aliphatic carbocycles. The minimum Gasteiger partial charge on any atom is -0.476 e. The minimum atomic E-state index is -1.04. The summed E-state index contributed by atoms with van der Waals surface area (Å²) in [7, 11) is 0. The standard InChI is InChI=1S/C23H33N3O4S/c1-4-6-8-16(5-2)12-24-21(27)18-11-20(19-14-31-22(25-19)23(28)29)26(15(18)3)13-17-9-7-10-30-17/h11,14,16-17H,4-10,12-13H2,1-3H3,(H,24,27)(H,28,29). The molecule has 0 saturated carbocycles. The molecule has 2 aromatic heterocycles. The number of amides is 1. The maximum atomic E-state index is 13.0. The maximum absolute atomic E-state index is 13.0. The Morgan fingerprint density at radius 3 is 2.84 bits per heavy atom. The third kappa shape index (κ3) is 5.74. The van der Waals surface area contributed by atoms with Crippen molar-refractivity contribution in [3.05, 3.63) is 27.7 Å². The minimum absolute atomic E-state index is 0.0465. The lowest BCUT2D eigenvalue weighted by Crippen LogP contribution is -2.29. The van der Waals surface area contributed by atoms with Gasteiger partial charge in [0.25, 0.3) is 5.91 Å². The molecule has 31 heavy (non-hydrogen) atoms. The number of hydrogen-bond donors (Lipinski definition) is 2. The van der Waals surface area contributed by atoms with Gasteiger partial charge in [0.2, 0.25) is 5.01 Å². The van der Waals surface area contributed by atoms with Crippen LogP contribution in [0, 0.1) is 12.8 Å². The third-order valence-corrected chi connectivity index (χ3v) is 6.90. The molecule has 1 saturated heterocycles. The lowest BCUT2D eigenvalue weighted by atomic mass is 9.99. The zero-order chi connectivity index (χ0) is 22.4. The van der Waals surface area contributed by atoms with E-state index in [0.29, 0.717) is 30.3 Å². The Kier molecular flexibility index (Phi) is 8.26. The first kappa shape index (κ1) is 23.5. The first-order valence-corrected chi connectivity index (χ1v) is 12.1. The van der Waals surface area contributed by atoms with Gasteiger partial charge in [-0.2, -0.15) is 0 Å². The number of carbonyl (C=O) groups is 2. The highest BCUT2D eigenvalue weighted by molar-refractivity contribution is 7.11. The molecule has 8 heteroatoms. The molecule has 1 fully saturated rings. The Hall–Kier alpha value is -2.19. The largest absolute Gasteiger partial charge is 0.476 e. The van der Waals surface area contributed by atoms with Gasteiger partial charge in [-0.15, -0.1) is 11.3 Å². The smallest absolute Gasteiger partial charge is 0.365 e. The second-order valence-corrected chi connectivity index (χ2v) is 9.10. The van der Waals surface area contributed by atoms with Gasteiger partial charge < -0.3 is 19.7 Å². The van der Waals surface area contributed by atoms with Crippen LogP contribution in [-0.4, -0.2) is 45.8 Å². The van der Waals surface area contributed by atoms with E-state index in [0.717, 1.165) is 61.4 Å². The molecule has 3 rings (SSSR count). The maximum Gasteiger partial charge on any atom is 0.365 e. The van der Waals surface area contributed by atoms with Crippen molar-refractivity contribution in [1.29, 1.82) is 0 Å². The fourth-order valence-electron chi connectivity index (χ4n) is 4.08. The molecule has 0 aromatic carbocycles. The van der Waals surface area contributed by atoms with Crippen LogP contribution in [0.4, 0.5) is 0 Å². The summed E-state index contributed by atoms with van der Waals surface area (Å²) in [5.41, 5.74) is 2.81. The van der Waals surface area contributed by atoms with Crippen molar-refractivity contribution in [3.8, 4) is 11.4 Å². The van der Waals surface area contributed by atoms with Gasteiger partial charge in [0.05, 0.1) is 23.1 Å². The summed E-state index contributed by atoms with van der Waals surface area (Å²) in [4.78, 5) is 28.6. The number of carboxylic acid groups (broad SMARTS) is 1. The van der Waals surface area contributed by atoms with Gasteiger partial charge in [-0.3, -0.25) is 4.79 Å². The molecule has 2 N–H and O–H groups in total. The number of unbranched alkanes of at least 4 members (excludes halogenated alkanes) is 1. The Bertz CT molecular complexity index is 899. The summed E-state index contributed by atoms with van der Waals surface area (Å²) in [6, 6.07) is 1.84. The number of carbonyl (C=O) groups excluding carboxylic acids is 1. The normalized spacial score (nSPS) is 17.1. The summed E-state index contributed by atoms with van der Waals surface area (Å²) < 4.78 is 7.87. The van der Waals surface area contributed by atoms with E-state index in [1.165, 1.54) is 6.42 Å². The van der Waals surface area contributed by atoms with Crippen molar-refractivity contribution in [2.45, 2.75) is 71.9 Å². The van der Waals surface area contributed by atoms with Crippen molar-refractivity contribution in [2.75, 3.05) is 13.2 Å². The van der Waals surface area contributed by atoms with Gasteiger partial charge in [0.15, 0.2) is 0 Å². The first-order chi connectivity index (χ1) is 14.9. The first-order valence-electron chi connectivity index (χ1n) is 11.2. The van der Waals surface area contributed by atoms with E-state index in [4.69, 9.17) is 4.74 Å². The Morgan fingerprint density at radius 2 is 2.23 bits per heavy atom. The number of hydrogen-bond acceptors (Lipinski definition) is 5. The van der Waals surface area contributed by atoms with Crippen molar-refractivity contribution in [2.24, 2.45) is 5.92 Å². The molecule has 2 aromatic rings. The van der Waals surface area contributed by atoms with Crippen LogP contribution in [0.5, 0.6) is 0 Å². The lowest BCUT2D eigenvalue weighted by Gasteiger charge is -2.16. The average Bonchev–Trinajstić information content (AvgIpc) is 3.50. The fourth-order valence-corrected chi connectivity index (χ4v) is 4.73. The second-order valence-electron chi connectivity index (χ2n) is 8.24. The predicted molar refractivity (Wildman–Crippen MR) is 122 cm³/mol. The van der Waals surface area contributed by atoms with Gasteiger partial charge in [0, 0.05) is 30.8 Å². The molecule has 3 heterocycles. The van der Waals surface area contributed by atoms with E-state index in [2.05, 4.69) is 28.7 Å². The summed E-state index contributed by atoms with van der Waals surface area (Å²) >= 11 is 1.10. The summed E-state index contributed by atoms with van der Waals surface area (Å²) in [5.74, 6) is -0.649. The van der Waals surface area contributed by atoms with Crippen LogP contribution in [0.1, 0.15) is 78.2 Å². The number of nitrogens with zero attached hydrogens (tertiary/aromatic N) is 2. The number of ether oxygens (including phenoxy) is 1. The van der Waals surface area contributed by atoms with Crippen LogP contribution in [0.25, 0.3) is 11.4 Å². The van der Waals surface area contributed by atoms with E-state index >= 15 is 0 Å². The van der Waals surface area contributed by atoms with Gasteiger partial charge >= 0.3 is 5.97 Å². The van der Waals surface area contributed by atoms with Crippen molar-refractivity contribution >= 4 is 23.2 Å². The molecule has 0 spiro atoms. The van der Waals surface area contributed by atoms with Crippen molar-refractivity contribution in [1.82, 2.24) is 14.9 Å². The van der Waals surface area contributed by atoms with Gasteiger partial charge in [0.1, 0.15) is 0 Å². The summed E-state index contributed by atoms with van der Waals surface area (Å²) in [6.45, 7) is 8.33. The van der Waals surface area contributed by atoms with Crippen molar-refractivity contribution < 1.29 is 19.4 Å². The average molecular weight is 448 g/mol. The number of aromatic nitrogens is 2. The molecule has 1 amide bonds. The van der Waals surface area contributed by atoms with Crippen LogP contribution in [-0.2, 0) is 11.3 Å². The molecule has 0 bridgehead atoms. The van der Waals surface area contributed by atoms with Crippen LogP contribution >= 0.6 is 11.3 Å². The van der Waals surface area contributed by atoms with E-state index in [1.807, 2.05) is 13.0 Å². The van der Waals surface area contributed by atoms with Crippen LogP contribution in [0.2, 0.25) is 0 Å². The van der Waals surface area contributed by atoms with E-state index < -0.39 is 5.97 Å². The Morgan fingerprint density at radius 1 is 1.42 bits per heavy atom. The Labute approximate surface area is 187 Å². The van der Waals surface area contributed by atoms with Crippen LogP contribution in [0.3, 0.4) is 0 Å². The lowest BCUT2D eigenvalue weighted by molar-refractivity contribution is 0.0696. The van der Waals surface area contributed by atoms with Gasteiger partial charge in [-0.25, -0.2) is 9.78 Å². The highest BCUT2D eigenvalue weighted by Gasteiger charge is 2.25. The molecule has 2 unspecified atom stereocenters. The van der Waals surface area contributed by atoms with Crippen LogP contribution in [0.15, 0.2) is 11.4 Å². The summed E-state index contributed by atoms with van der Waals surface area (Å²) in [6.07, 6.45) is 6.60. The van der Waals surface area contributed by atoms with Gasteiger partial charge in [-0.05, 0) is 38.2 Å². The topological polar surface area (TPSA) is 93.5 Å².